The van der Waals surface area contributed by atoms with E-state index in [-0.39, 0.29) is 4.90 Å². The minimum absolute atomic E-state index is 0.290. The maximum Gasteiger partial charge on any atom is 0.262 e. The first kappa shape index (κ1) is 18.2. The summed E-state index contributed by atoms with van der Waals surface area (Å²) in [6, 6.07) is 12.6. The summed E-state index contributed by atoms with van der Waals surface area (Å²) in [4.78, 5) is 8.99. The molecule has 0 fully saturated rings. The molecule has 28 heavy (non-hydrogen) atoms. The van der Waals surface area contributed by atoms with Gasteiger partial charge in [0.25, 0.3) is 10.0 Å². The average molecular weight is 392 g/mol. The largest absolute Gasteiger partial charge is 0.291 e. The van der Waals surface area contributed by atoms with Gasteiger partial charge in [0.15, 0.2) is 0 Å². The Morgan fingerprint density at radius 2 is 1.75 bits per heavy atom. The van der Waals surface area contributed by atoms with Crippen molar-refractivity contribution in [3.05, 3.63) is 77.7 Å². The monoisotopic (exact) mass is 392 g/mol. The first-order valence-electron chi connectivity index (χ1n) is 8.84. The Morgan fingerprint density at radius 1 is 0.964 bits per heavy atom. The molecule has 1 N–H and O–H groups in total. The van der Waals surface area contributed by atoms with Gasteiger partial charge in [-0.05, 0) is 61.7 Å². The summed E-state index contributed by atoms with van der Waals surface area (Å²) in [5, 5.41) is 0. The Hall–Kier alpha value is -3.19. The normalized spacial score (nSPS) is 11.7. The minimum Gasteiger partial charge on any atom is -0.291 e. The van der Waals surface area contributed by atoms with Crippen LogP contribution in [0.25, 0.3) is 17.0 Å². The molecule has 2 aromatic heterocycles. The third-order valence-corrected chi connectivity index (χ3v) is 6.25. The molecular weight excluding hydrogens is 372 g/mol. The first-order valence-corrected chi connectivity index (χ1v) is 10.3. The van der Waals surface area contributed by atoms with Gasteiger partial charge in [0.05, 0.1) is 10.6 Å². The van der Waals surface area contributed by atoms with Crippen LogP contribution < -0.4 is 4.72 Å². The Kier molecular flexibility index (Phi) is 4.39. The topological polar surface area (TPSA) is 76.4 Å². The highest BCUT2D eigenvalue weighted by atomic mass is 32.2. The van der Waals surface area contributed by atoms with Crippen LogP contribution in [0.2, 0.25) is 0 Å². The number of fused-ring (bicyclic) bond motifs is 1. The molecule has 6 nitrogen and oxygen atoms in total. The molecule has 0 saturated carbocycles. The summed E-state index contributed by atoms with van der Waals surface area (Å²) in [6.45, 7) is 5.69. The van der Waals surface area contributed by atoms with Crippen LogP contribution in [0.15, 0.2) is 66.0 Å². The molecule has 0 radical (unpaired) electrons. The van der Waals surface area contributed by atoms with Gasteiger partial charge in [0, 0.05) is 29.8 Å². The zero-order valence-corrected chi connectivity index (χ0v) is 16.7. The number of benzene rings is 2. The molecule has 0 aliphatic carbocycles. The SMILES string of the molecule is Cc1cc(C)c(S(=O)(=O)Nc2cccc(-c3cn4cccnc4n3)c2)cc1C. The summed E-state index contributed by atoms with van der Waals surface area (Å²) in [6.07, 6.45) is 5.42. The van der Waals surface area contributed by atoms with Crippen LogP contribution in [0.3, 0.4) is 0 Å². The van der Waals surface area contributed by atoms with Crippen molar-refractivity contribution >= 4 is 21.5 Å². The van der Waals surface area contributed by atoms with Crippen molar-refractivity contribution < 1.29 is 8.42 Å². The van der Waals surface area contributed by atoms with Crippen LogP contribution in [-0.4, -0.2) is 22.8 Å². The average Bonchev–Trinajstić information content (AvgIpc) is 3.09. The minimum atomic E-state index is -3.69. The molecule has 0 saturated heterocycles. The summed E-state index contributed by atoms with van der Waals surface area (Å²) < 4.78 is 30.4. The molecule has 142 valence electrons. The number of imidazole rings is 1. The fourth-order valence-corrected chi connectivity index (χ4v) is 4.51. The van der Waals surface area contributed by atoms with Gasteiger partial charge in [-0.2, -0.15) is 0 Å². The number of anilines is 1. The second-order valence-electron chi connectivity index (χ2n) is 6.84. The molecule has 0 aliphatic rings. The van der Waals surface area contributed by atoms with Gasteiger partial charge in [-0.3, -0.25) is 9.12 Å². The second-order valence-corrected chi connectivity index (χ2v) is 8.49. The molecule has 4 rings (SSSR count). The third kappa shape index (κ3) is 3.36. The van der Waals surface area contributed by atoms with Gasteiger partial charge in [-0.25, -0.2) is 18.4 Å². The predicted molar refractivity (Wildman–Crippen MR) is 110 cm³/mol. The number of sulfonamides is 1. The third-order valence-electron chi connectivity index (χ3n) is 4.73. The first-order chi connectivity index (χ1) is 13.3. The van der Waals surface area contributed by atoms with E-state index in [1.54, 1.807) is 37.4 Å². The number of hydrogen-bond donors (Lipinski definition) is 1. The van der Waals surface area contributed by atoms with Crippen molar-refractivity contribution in [3.63, 3.8) is 0 Å². The van der Waals surface area contributed by atoms with Crippen molar-refractivity contribution in [2.45, 2.75) is 25.7 Å². The lowest BCUT2D eigenvalue weighted by Crippen LogP contribution is -2.14. The van der Waals surface area contributed by atoms with Gasteiger partial charge in [0.1, 0.15) is 0 Å². The van der Waals surface area contributed by atoms with Crippen molar-refractivity contribution in [2.75, 3.05) is 4.72 Å². The van der Waals surface area contributed by atoms with E-state index >= 15 is 0 Å². The van der Waals surface area contributed by atoms with Crippen LogP contribution in [0.4, 0.5) is 5.69 Å². The van der Waals surface area contributed by atoms with Gasteiger partial charge >= 0.3 is 0 Å². The zero-order valence-electron chi connectivity index (χ0n) is 15.8. The quantitative estimate of drug-likeness (QED) is 0.567. The van der Waals surface area contributed by atoms with Crippen molar-refractivity contribution in [3.8, 4) is 11.3 Å². The summed E-state index contributed by atoms with van der Waals surface area (Å²) >= 11 is 0. The second kappa shape index (κ2) is 6.76. The van der Waals surface area contributed by atoms with Gasteiger partial charge in [-0.1, -0.05) is 18.2 Å². The van der Waals surface area contributed by atoms with Gasteiger partial charge in [-0.15, -0.1) is 0 Å². The van der Waals surface area contributed by atoms with E-state index in [0.29, 0.717) is 11.5 Å². The molecular formula is C21H20N4O2S. The molecule has 0 bridgehead atoms. The van der Waals surface area contributed by atoms with Crippen LogP contribution in [-0.2, 0) is 10.0 Å². The summed E-state index contributed by atoms with van der Waals surface area (Å²) in [5.41, 5.74) is 4.75. The Labute approximate surface area is 164 Å². The van der Waals surface area contributed by atoms with E-state index < -0.39 is 10.0 Å². The Balaban J connectivity index is 1.69. The van der Waals surface area contributed by atoms with Crippen LogP contribution in [0.5, 0.6) is 0 Å². The fraction of sp³-hybridized carbons (Fsp3) is 0.143. The molecule has 2 heterocycles. The summed E-state index contributed by atoms with van der Waals surface area (Å²) in [5.74, 6) is 0.592. The van der Waals surface area contributed by atoms with Crippen molar-refractivity contribution in [1.29, 1.82) is 0 Å². The molecule has 4 aromatic rings. The number of hydrogen-bond acceptors (Lipinski definition) is 4. The molecule has 7 heteroatoms. The maximum absolute atomic E-state index is 12.9. The number of rotatable bonds is 4. The Bertz CT molecular complexity index is 1260. The maximum atomic E-state index is 12.9. The lowest BCUT2D eigenvalue weighted by molar-refractivity contribution is 0.600. The highest BCUT2D eigenvalue weighted by Gasteiger charge is 2.18. The lowest BCUT2D eigenvalue weighted by atomic mass is 10.1. The van der Waals surface area contributed by atoms with Crippen LogP contribution in [0.1, 0.15) is 16.7 Å². The smallest absolute Gasteiger partial charge is 0.262 e. The summed E-state index contributed by atoms with van der Waals surface area (Å²) in [7, 11) is -3.69. The van der Waals surface area contributed by atoms with E-state index in [9.17, 15) is 8.42 Å². The highest BCUT2D eigenvalue weighted by molar-refractivity contribution is 7.92. The highest BCUT2D eigenvalue weighted by Crippen LogP contribution is 2.26. The standard InChI is InChI=1S/C21H20N4O2S/c1-14-10-16(3)20(11-15(14)2)28(26,27)24-18-7-4-6-17(12-18)19-13-25-9-5-8-22-21(25)23-19/h4-13,24H,1-3H3. The van der Waals surface area contributed by atoms with E-state index in [1.165, 1.54) is 0 Å². The van der Waals surface area contributed by atoms with Crippen LogP contribution in [0, 0.1) is 20.8 Å². The number of aryl methyl sites for hydroxylation is 3. The van der Waals surface area contributed by atoms with E-state index in [4.69, 9.17) is 0 Å². The lowest BCUT2D eigenvalue weighted by Gasteiger charge is -2.13. The van der Waals surface area contributed by atoms with Gasteiger partial charge in [0.2, 0.25) is 5.78 Å². The number of aromatic nitrogens is 3. The van der Waals surface area contributed by atoms with Crippen molar-refractivity contribution in [2.24, 2.45) is 0 Å². The van der Waals surface area contributed by atoms with E-state index in [0.717, 1.165) is 27.9 Å². The number of nitrogens with zero attached hydrogens (tertiary/aromatic N) is 3. The molecule has 0 unspecified atom stereocenters. The van der Waals surface area contributed by atoms with Crippen molar-refractivity contribution in [1.82, 2.24) is 14.4 Å². The molecule has 2 aromatic carbocycles. The van der Waals surface area contributed by atoms with Gasteiger partial charge < -0.3 is 0 Å². The number of nitrogens with one attached hydrogen (secondary N) is 1. The van der Waals surface area contributed by atoms with Crippen LogP contribution >= 0.6 is 0 Å². The van der Waals surface area contributed by atoms with E-state index in [1.807, 2.05) is 48.8 Å². The molecule has 0 atom stereocenters. The predicted octanol–water partition coefficient (Wildman–Crippen LogP) is 4.12. The molecule has 0 spiro atoms. The fourth-order valence-electron chi connectivity index (χ4n) is 3.14. The molecule has 0 amide bonds. The Morgan fingerprint density at radius 3 is 2.54 bits per heavy atom. The zero-order chi connectivity index (χ0) is 19.9. The molecule has 0 aliphatic heterocycles. The van der Waals surface area contributed by atoms with E-state index in [2.05, 4.69) is 14.7 Å².